The third kappa shape index (κ3) is 7.86. The Kier molecular flexibility index (Phi) is 11.5. The van der Waals surface area contributed by atoms with E-state index in [2.05, 4.69) is 18.7 Å². The number of carboxylic acid groups (broad SMARTS) is 1. The molecule has 0 saturated carbocycles. The van der Waals surface area contributed by atoms with Crippen LogP contribution in [-0.4, -0.2) is 27.8 Å². The predicted molar refractivity (Wildman–Crippen MR) is 144 cm³/mol. The zero-order chi connectivity index (χ0) is 26.7. The maximum Gasteiger partial charge on any atom is 0.341 e. The second-order valence-corrected chi connectivity index (χ2v) is 8.37. The SMILES string of the molecule is C=C/C(=C\C=C(/C)Cl)Oc1ccc(-c2noc3cc(Cl)c(OCC(=O)O)cc23)c(CCCC)n1.CC. The fourth-order valence-corrected chi connectivity index (χ4v) is 3.41. The number of allylic oxidation sites excluding steroid dienone is 4. The molecule has 0 saturated heterocycles. The number of benzene rings is 1. The van der Waals surface area contributed by atoms with Gasteiger partial charge in [-0.1, -0.05) is 62.1 Å². The third-order valence-electron chi connectivity index (χ3n) is 4.75. The number of carboxylic acids is 1. The van der Waals surface area contributed by atoms with Gasteiger partial charge in [0.2, 0.25) is 5.88 Å². The van der Waals surface area contributed by atoms with E-state index in [1.165, 1.54) is 0 Å². The zero-order valence-electron chi connectivity index (χ0n) is 20.8. The molecule has 3 aromatic rings. The number of carbonyl (C=O) groups is 1. The highest BCUT2D eigenvalue weighted by Crippen LogP contribution is 2.37. The van der Waals surface area contributed by atoms with Crippen LogP contribution in [0.15, 0.2) is 64.4 Å². The van der Waals surface area contributed by atoms with E-state index >= 15 is 0 Å². The number of hydrogen-bond acceptors (Lipinski definition) is 6. The molecule has 1 aromatic carbocycles. The first-order valence-corrected chi connectivity index (χ1v) is 12.4. The van der Waals surface area contributed by atoms with Gasteiger partial charge in [-0.15, -0.1) is 0 Å². The molecule has 9 heteroatoms. The van der Waals surface area contributed by atoms with Gasteiger partial charge in [0.15, 0.2) is 12.2 Å². The van der Waals surface area contributed by atoms with Crippen molar-refractivity contribution >= 4 is 40.1 Å². The summed E-state index contributed by atoms with van der Waals surface area (Å²) in [6.07, 6.45) is 7.58. The largest absolute Gasteiger partial charge is 0.480 e. The molecule has 192 valence electrons. The second-order valence-electron chi connectivity index (χ2n) is 7.37. The summed E-state index contributed by atoms with van der Waals surface area (Å²) < 4.78 is 16.7. The minimum atomic E-state index is -1.10. The normalized spacial score (nSPS) is 11.6. The Hall–Kier alpha value is -3.29. The Bertz CT molecular complexity index is 1260. The first-order chi connectivity index (χ1) is 17.3. The van der Waals surface area contributed by atoms with Crippen molar-refractivity contribution in [3.05, 3.63) is 70.6 Å². The second kappa shape index (κ2) is 14.3. The molecule has 0 atom stereocenters. The van der Waals surface area contributed by atoms with Crippen molar-refractivity contribution in [3.63, 3.8) is 0 Å². The molecule has 0 aliphatic rings. The van der Waals surface area contributed by atoms with Gasteiger partial charge in [-0.25, -0.2) is 9.78 Å². The number of aromatic nitrogens is 2. The first kappa shape index (κ1) is 28.9. The standard InChI is InChI=1S/C25H24Cl2N2O5.C2H6/c1-4-6-7-20-17(10-11-23(28-20)33-16(5-2)9-8-15(3)26)25-18-12-22(32-14-24(30)31)19(27)13-21(18)34-29-25;1-2/h5,8-13H,2,4,6-7,14H2,1,3H3,(H,30,31);1-2H3/b15-8+,16-9+;. The average molecular weight is 533 g/mol. The van der Waals surface area contributed by atoms with Crippen molar-refractivity contribution in [1.82, 2.24) is 10.1 Å². The molecular formula is C27H30Cl2N2O5. The first-order valence-electron chi connectivity index (χ1n) is 11.6. The van der Waals surface area contributed by atoms with Crippen LogP contribution in [0.4, 0.5) is 0 Å². The lowest BCUT2D eigenvalue weighted by molar-refractivity contribution is -0.139. The topological polar surface area (TPSA) is 94.7 Å². The van der Waals surface area contributed by atoms with E-state index in [9.17, 15) is 4.79 Å². The van der Waals surface area contributed by atoms with Gasteiger partial charge >= 0.3 is 5.97 Å². The fraction of sp³-hybridized carbons (Fsp3) is 0.296. The molecule has 0 radical (unpaired) electrons. The van der Waals surface area contributed by atoms with Crippen LogP contribution in [0, 0.1) is 0 Å². The molecule has 3 rings (SSSR count). The van der Waals surface area contributed by atoms with E-state index in [1.807, 2.05) is 19.9 Å². The van der Waals surface area contributed by atoms with Crippen LogP contribution in [0.2, 0.25) is 5.02 Å². The maximum atomic E-state index is 10.9. The molecule has 2 aromatic heterocycles. The number of aliphatic carboxylic acids is 1. The van der Waals surface area contributed by atoms with Crippen LogP contribution >= 0.6 is 23.2 Å². The molecular weight excluding hydrogens is 503 g/mol. The summed E-state index contributed by atoms with van der Waals surface area (Å²) in [4.78, 5) is 15.6. The monoisotopic (exact) mass is 532 g/mol. The molecule has 0 bridgehead atoms. The van der Waals surface area contributed by atoms with Crippen LogP contribution in [-0.2, 0) is 11.2 Å². The van der Waals surface area contributed by atoms with Crippen molar-refractivity contribution in [2.75, 3.05) is 6.61 Å². The number of halogens is 2. The third-order valence-corrected chi connectivity index (χ3v) is 5.17. The molecule has 0 aliphatic heterocycles. The lowest BCUT2D eigenvalue weighted by Crippen LogP contribution is -2.09. The van der Waals surface area contributed by atoms with E-state index in [0.29, 0.717) is 39.8 Å². The Morgan fingerprint density at radius 1 is 1.25 bits per heavy atom. The van der Waals surface area contributed by atoms with Gasteiger partial charge in [0.25, 0.3) is 0 Å². The summed E-state index contributed by atoms with van der Waals surface area (Å²) in [5.41, 5.74) is 2.55. The number of fused-ring (bicyclic) bond motifs is 1. The summed E-state index contributed by atoms with van der Waals surface area (Å²) in [7, 11) is 0. The molecule has 0 unspecified atom stereocenters. The van der Waals surface area contributed by atoms with E-state index in [1.54, 1.807) is 43.4 Å². The van der Waals surface area contributed by atoms with E-state index in [0.717, 1.165) is 24.1 Å². The van der Waals surface area contributed by atoms with Crippen LogP contribution in [0.3, 0.4) is 0 Å². The number of rotatable bonds is 11. The van der Waals surface area contributed by atoms with E-state index in [-0.39, 0.29) is 10.8 Å². The number of nitrogens with zero attached hydrogens (tertiary/aromatic N) is 2. The van der Waals surface area contributed by atoms with Gasteiger partial charge in [-0.3, -0.25) is 0 Å². The molecule has 7 nitrogen and oxygen atoms in total. The van der Waals surface area contributed by atoms with Crippen molar-refractivity contribution < 1.29 is 23.9 Å². The van der Waals surface area contributed by atoms with Crippen molar-refractivity contribution in [2.45, 2.75) is 47.0 Å². The lowest BCUT2D eigenvalue weighted by atomic mass is 10.0. The molecule has 0 spiro atoms. The van der Waals surface area contributed by atoms with E-state index < -0.39 is 12.6 Å². The minimum absolute atomic E-state index is 0.229. The van der Waals surface area contributed by atoms with Crippen LogP contribution < -0.4 is 9.47 Å². The van der Waals surface area contributed by atoms with Gasteiger partial charge in [-0.2, -0.15) is 0 Å². The number of aryl methyl sites for hydroxylation is 1. The number of pyridine rings is 1. The van der Waals surface area contributed by atoms with Gasteiger partial charge in [0.1, 0.15) is 17.2 Å². The van der Waals surface area contributed by atoms with Gasteiger partial charge in [-0.05, 0) is 50.1 Å². The quantitative estimate of drug-likeness (QED) is 0.197. The zero-order valence-corrected chi connectivity index (χ0v) is 22.3. The van der Waals surface area contributed by atoms with Crippen LogP contribution in [0.25, 0.3) is 22.2 Å². The number of hydrogen-bond donors (Lipinski definition) is 1. The highest BCUT2D eigenvalue weighted by atomic mass is 35.5. The Morgan fingerprint density at radius 2 is 2.00 bits per heavy atom. The van der Waals surface area contributed by atoms with Crippen molar-refractivity contribution in [3.8, 4) is 22.9 Å². The molecule has 0 amide bonds. The average Bonchev–Trinajstić information content (AvgIpc) is 3.27. The number of ether oxygens (including phenoxy) is 2. The molecule has 36 heavy (non-hydrogen) atoms. The fourth-order valence-electron chi connectivity index (χ4n) is 3.13. The highest BCUT2D eigenvalue weighted by molar-refractivity contribution is 6.33. The molecule has 0 aliphatic carbocycles. The summed E-state index contributed by atoms with van der Waals surface area (Å²) >= 11 is 12.1. The van der Waals surface area contributed by atoms with Gasteiger partial charge in [0.05, 0.1) is 16.1 Å². The summed E-state index contributed by atoms with van der Waals surface area (Å²) in [5.74, 6) is 0.0341. The smallest absolute Gasteiger partial charge is 0.341 e. The Labute approximate surface area is 221 Å². The molecule has 2 heterocycles. The number of unbranched alkanes of at least 4 members (excludes halogenated alkanes) is 1. The van der Waals surface area contributed by atoms with Crippen molar-refractivity contribution in [1.29, 1.82) is 0 Å². The molecule has 0 fully saturated rings. The van der Waals surface area contributed by atoms with E-state index in [4.69, 9.17) is 47.3 Å². The molecule has 1 N–H and O–H groups in total. The highest BCUT2D eigenvalue weighted by Gasteiger charge is 2.19. The Morgan fingerprint density at radius 3 is 2.64 bits per heavy atom. The van der Waals surface area contributed by atoms with Gasteiger partial charge in [0, 0.05) is 22.7 Å². The maximum absolute atomic E-state index is 10.9. The van der Waals surface area contributed by atoms with Gasteiger partial charge < -0.3 is 19.1 Å². The minimum Gasteiger partial charge on any atom is -0.480 e. The van der Waals surface area contributed by atoms with Crippen molar-refractivity contribution in [2.24, 2.45) is 0 Å². The lowest BCUT2D eigenvalue weighted by Gasteiger charge is -2.11. The summed E-state index contributed by atoms with van der Waals surface area (Å²) in [6.45, 7) is 11.1. The Balaban J connectivity index is 0.00000222. The summed E-state index contributed by atoms with van der Waals surface area (Å²) in [5, 5.41) is 14.6. The summed E-state index contributed by atoms with van der Waals surface area (Å²) in [6, 6.07) is 6.77. The predicted octanol–water partition coefficient (Wildman–Crippen LogP) is 7.97. The van der Waals surface area contributed by atoms with Crippen LogP contribution in [0.5, 0.6) is 11.6 Å². The van der Waals surface area contributed by atoms with Crippen LogP contribution in [0.1, 0.15) is 46.2 Å².